The second-order valence-electron chi connectivity index (χ2n) is 5.19. The first-order valence-electron chi connectivity index (χ1n) is 7.07. The number of aromatic nitrogens is 2. The van der Waals surface area contributed by atoms with Gasteiger partial charge in [0.2, 0.25) is 0 Å². The Morgan fingerprint density at radius 3 is 3.00 bits per heavy atom. The third-order valence-corrected chi connectivity index (χ3v) is 4.76. The lowest BCUT2D eigenvalue weighted by Crippen LogP contribution is -1.90. The monoisotopic (exact) mass is 293 g/mol. The van der Waals surface area contributed by atoms with E-state index in [1.54, 1.807) is 11.3 Å². The van der Waals surface area contributed by atoms with Gasteiger partial charge in [0.05, 0.1) is 11.4 Å². The number of pyridine rings is 1. The van der Waals surface area contributed by atoms with Gasteiger partial charge in [-0.05, 0) is 43.2 Å². The van der Waals surface area contributed by atoms with E-state index in [4.69, 9.17) is 4.98 Å². The highest BCUT2D eigenvalue weighted by Crippen LogP contribution is 2.34. The van der Waals surface area contributed by atoms with Crippen LogP contribution in [0.3, 0.4) is 0 Å². The molecular weight excluding hydrogens is 278 g/mol. The first-order chi connectivity index (χ1) is 10.3. The van der Waals surface area contributed by atoms with Gasteiger partial charge >= 0.3 is 0 Å². The van der Waals surface area contributed by atoms with E-state index < -0.39 is 0 Å². The van der Waals surface area contributed by atoms with Gasteiger partial charge in [0.25, 0.3) is 0 Å². The molecule has 1 aliphatic rings. The zero-order chi connectivity index (χ0) is 14.2. The summed E-state index contributed by atoms with van der Waals surface area (Å²) in [6.07, 6.45) is 2.91. The lowest BCUT2D eigenvalue weighted by molar-refractivity contribution is 1.11. The Morgan fingerprint density at radius 2 is 2.14 bits per heavy atom. The fourth-order valence-electron chi connectivity index (χ4n) is 2.72. The van der Waals surface area contributed by atoms with Crippen molar-refractivity contribution in [1.29, 1.82) is 0 Å². The molecule has 3 aromatic rings. The average Bonchev–Trinajstić information content (AvgIpc) is 3.13. The van der Waals surface area contributed by atoms with Crippen molar-refractivity contribution in [1.82, 2.24) is 9.97 Å². The molecule has 0 unspecified atom stereocenters. The summed E-state index contributed by atoms with van der Waals surface area (Å²) in [5.74, 6) is 0. The number of thiazole rings is 1. The molecule has 1 aromatic carbocycles. The molecule has 0 aliphatic carbocycles. The second-order valence-corrected chi connectivity index (χ2v) is 6.39. The maximum absolute atomic E-state index is 4.81. The third kappa shape index (κ3) is 2.21. The fourth-order valence-corrected chi connectivity index (χ4v) is 3.63. The van der Waals surface area contributed by atoms with Crippen molar-refractivity contribution >= 4 is 17.0 Å². The minimum Gasteiger partial charge on any atom is -0.384 e. The molecule has 3 nitrogen and oxygen atoms in total. The normalized spacial score (nSPS) is 13.0. The van der Waals surface area contributed by atoms with Crippen LogP contribution in [0.4, 0.5) is 5.69 Å². The molecule has 0 spiro atoms. The fraction of sp³-hybridized carbons (Fsp3) is 0.176. The Hall–Kier alpha value is -2.20. The van der Waals surface area contributed by atoms with E-state index in [1.165, 1.54) is 21.7 Å². The summed E-state index contributed by atoms with van der Waals surface area (Å²) >= 11 is 1.71. The Morgan fingerprint density at radius 1 is 1.19 bits per heavy atom. The predicted molar refractivity (Wildman–Crippen MR) is 87.7 cm³/mol. The summed E-state index contributed by atoms with van der Waals surface area (Å²) in [6.45, 7) is 3.17. The van der Waals surface area contributed by atoms with E-state index >= 15 is 0 Å². The van der Waals surface area contributed by atoms with E-state index in [2.05, 4.69) is 35.4 Å². The van der Waals surface area contributed by atoms with E-state index in [1.807, 2.05) is 24.4 Å². The second kappa shape index (κ2) is 4.97. The first-order valence-corrected chi connectivity index (χ1v) is 7.89. The Kier molecular flexibility index (Phi) is 2.97. The van der Waals surface area contributed by atoms with Crippen LogP contribution in [-0.2, 0) is 6.42 Å². The van der Waals surface area contributed by atoms with Gasteiger partial charge in [-0.2, -0.15) is 0 Å². The lowest BCUT2D eigenvalue weighted by atomic mass is 10.1. The molecule has 1 N–H and O–H groups in total. The van der Waals surface area contributed by atoms with E-state index in [0.29, 0.717) is 0 Å². The van der Waals surface area contributed by atoms with Crippen molar-refractivity contribution in [3.8, 4) is 22.0 Å². The van der Waals surface area contributed by atoms with Crippen molar-refractivity contribution in [2.45, 2.75) is 13.3 Å². The van der Waals surface area contributed by atoms with Gasteiger partial charge in [-0.3, -0.25) is 4.98 Å². The minimum atomic E-state index is 0.944. The van der Waals surface area contributed by atoms with Crippen LogP contribution in [0.5, 0.6) is 0 Å². The summed E-state index contributed by atoms with van der Waals surface area (Å²) < 4.78 is 0. The number of anilines is 1. The van der Waals surface area contributed by atoms with Crippen molar-refractivity contribution < 1.29 is 0 Å². The summed E-state index contributed by atoms with van der Waals surface area (Å²) in [5.41, 5.74) is 5.87. The molecular formula is C17H15N3S. The van der Waals surface area contributed by atoms with Crippen LogP contribution in [0.1, 0.15) is 10.4 Å². The number of nitrogens with zero attached hydrogens (tertiary/aromatic N) is 2. The molecule has 4 heteroatoms. The van der Waals surface area contributed by atoms with Gasteiger partial charge in [0.1, 0.15) is 5.01 Å². The molecule has 3 heterocycles. The Balaban J connectivity index is 1.78. The van der Waals surface area contributed by atoms with Crippen LogP contribution >= 0.6 is 11.3 Å². The number of hydrogen-bond acceptors (Lipinski definition) is 4. The SMILES string of the molecule is Cc1sc(-c2ccccn2)nc1-c1ccc2c(c1)CCN2. The van der Waals surface area contributed by atoms with E-state index in [0.717, 1.165) is 29.4 Å². The molecule has 1 aliphatic heterocycles. The number of nitrogens with one attached hydrogen (secondary N) is 1. The Bertz CT molecular complexity index is 793. The maximum Gasteiger partial charge on any atom is 0.142 e. The van der Waals surface area contributed by atoms with Gasteiger partial charge in [-0.15, -0.1) is 11.3 Å². The van der Waals surface area contributed by atoms with Crippen LogP contribution in [0.2, 0.25) is 0 Å². The molecule has 0 atom stereocenters. The highest BCUT2D eigenvalue weighted by molar-refractivity contribution is 7.15. The lowest BCUT2D eigenvalue weighted by Gasteiger charge is -2.03. The number of aryl methyl sites for hydroxylation is 1. The molecule has 0 amide bonds. The zero-order valence-corrected chi connectivity index (χ0v) is 12.6. The molecule has 0 radical (unpaired) electrons. The van der Waals surface area contributed by atoms with Crippen molar-refractivity contribution in [3.05, 3.63) is 53.0 Å². The largest absolute Gasteiger partial charge is 0.384 e. The molecule has 2 aromatic heterocycles. The van der Waals surface area contributed by atoms with Gasteiger partial charge in [-0.1, -0.05) is 12.1 Å². The highest BCUT2D eigenvalue weighted by atomic mass is 32.1. The first kappa shape index (κ1) is 12.5. The standard InChI is InChI=1S/C17H15N3S/c1-11-16(13-5-6-14-12(10-13)7-9-19-14)20-17(21-11)15-4-2-3-8-18-15/h2-6,8,10,19H,7,9H2,1H3. The highest BCUT2D eigenvalue weighted by Gasteiger charge is 2.15. The van der Waals surface area contributed by atoms with Gasteiger partial charge in [-0.25, -0.2) is 4.98 Å². The molecule has 0 bridgehead atoms. The van der Waals surface area contributed by atoms with Crippen LogP contribution in [0.15, 0.2) is 42.6 Å². The van der Waals surface area contributed by atoms with Crippen molar-refractivity contribution in [3.63, 3.8) is 0 Å². The Labute approximate surface area is 127 Å². The maximum atomic E-state index is 4.81. The molecule has 4 rings (SSSR count). The summed E-state index contributed by atoms with van der Waals surface area (Å²) in [7, 11) is 0. The molecule has 104 valence electrons. The zero-order valence-electron chi connectivity index (χ0n) is 11.8. The smallest absolute Gasteiger partial charge is 0.142 e. The van der Waals surface area contributed by atoms with Gasteiger partial charge in [0.15, 0.2) is 0 Å². The van der Waals surface area contributed by atoms with Gasteiger partial charge in [0, 0.05) is 28.9 Å². The summed E-state index contributed by atoms with van der Waals surface area (Å²) in [5, 5.41) is 4.38. The summed E-state index contributed by atoms with van der Waals surface area (Å²) in [6, 6.07) is 12.5. The predicted octanol–water partition coefficient (Wildman–Crippen LogP) is 4.15. The quantitative estimate of drug-likeness (QED) is 0.771. The van der Waals surface area contributed by atoms with Crippen LogP contribution in [0.25, 0.3) is 22.0 Å². The van der Waals surface area contributed by atoms with Crippen LogP contribution in [-0.4, -0.2) is 16.5 Å². The molecule has 0 saturated heterocycles. The number of fused-ring (bicyclic) bond motifs is 1. The van der Waals surface area contributed by atoms with Crippen molar-refractivity contribution in [2.75, 3.05) is 11.9 Å². The number of benzene rings is 1. The summed E-state index contributed by atoms with van der Waals surface area (Å²) in [4.78, 5) is 10.4. The molecule has 0 saturated carbocycles. The van der Waals surface area contributed by atoms with Crippen LogP contribution in [0, 0.1) is 6.92 Å². The number of hydrogen-bond donors (Lipinski definition) is 1. The average molecular weight is 293 g/mol. The topological polar surface area (TPSA) is 37.8 Å². The van der Waals surface area contributed by atoms with E-state index in [-0.39, 0.29) is 0 Å². The van der Waals surface area contributed by atoms with Crippen molar-refractivity contribution in [2.24, 2.45) is 0 Å². The third-order valence-electron chi connectivity index (χ3n) is 3.77. The minimum absolute atomic E-state index is 0.944. The van der Waals surface area contributed by atoms with E-state index in [9.17, 15) is 0 Å². The number of rotatable bonds is 2. The molecule has 0 fully saturated rings. The molecule has 21 heavy (non-hydrogen) atoms. The van der Waals surface area contributed by atoms with Crippen LogP contribution < -0.4 is 5.32 Å². The van der Waals surface area contributed by atoms with Gasteiger partial charge < -0.3 is 5.32 Å².